The molecule has 2 rings (SSSR count). The summed E-state index contributed by atoms with van der Waals surface area (Å²) in [6, 6.07) is 4.07. The van der Waals surface area contributed by atoms with Crippen LogP contribution in [-0.4, -0.2) is 13.3 Å². The number of nitrogens with zero attached hydrogens (tertiary/aromatic N) is 1. The minimum atomic E-state index is -1.53. The lowest BCUT2D eigenvalue weighted by Gasteiger charge is -2.26. The molecule has 0 spiro atoms. The third-order valence-corrected chi connectivity index (χ3v) is 3.59. The maximum atomic E-state index is 6.18. The second-order valence-electron chi connectivity index (χ2n) is 5.63. The molecule has 0 fully saturated rings. The van der Waals surface area contributed by atoms with Gasteiger partial charge in [0.25, 0.3) is 0 Å². The van der Waals surface area contributed by atoms with E-state index in [9.17, 15) is 0 Å². The van der Waals surface area contributed by atoms with Crippen LogP contribution in [0.4, 0.5) is 0 Å². The van der Waals surface area contributed by atoms with Crippen molar-refractivity contribution >= 4 is 14.4 Å². The summed E-state index contributed by atoms with van der Waals surface area (Å²) in [5.74, 6) is 1.11. The van der Waals surface area contributed by atoms with Crippen LogP contribution < -0.4 is 0 Å². The van der Waals surface area contributed by atoms with Gasteiger partial charge in [-0.15, -0.1) is 0 Å². The topological polar surface area (TPSA) is 22.1 Å². The molecule has 1 aromatic rings. The average Bonchev–Trinajstić information content (AvgIpc) is 2.31. The number of rotatable bonds is 3. The Morgan fingerprint density at radius 3 is 2.61 bits per heavy atom. The molecule has 0 aromatic carbocycles. The van der Waals surface area contributed by atoms with Crippen LogP contribution in [0.1, 0.15) is 24.8 Å². The molecule has 1 aliphatic rings. The summed E-state index contributed by atoms with van der Waals surface area (Å²) in [4.78, 5) is 4.05. The fraction of sp³-hybridized carbons (Fsp3) is 0.400. The van der Waals surface area contributed by atoms with Gasteiger partial charge in [-0.2, -0.15) is 0 Å². The lowest BCUT2D eigenvalue weighted by Crippen LogP contribution is -2.26. The molecular weight excluding hydrogens is 238 g/mol. The zero-order valence-electron chi connectivity index (χ0n) is 11.4. The molecular formula is C15H21NOSi. The van der Waals surface area contributed by atoms with Crippen LogP contribution in [0.15, 0.2) is 41.9 Å². The van der Waals surface area contributed by atoms with Crippen LogP contribution in [0.5, 0.6) is 0 Å². The van der Waals surface area contributed by atoms with Gasteiger partial charge in [-0.3, -0.25) is 4.98 Å². The molecule has 0 aliphatic heterocycles. The first-order valence-electron chi connectivity index (χ1n) is 6.55. The number of aromatic nitrogens is 1. The van der Waals surface area contributed by atoms with Gasteiger partial charge in [0.2, 0.25) is 8.32 Å². The lowest BCUT2D eigenvalue weighted by molar-refractivity contribution is 0.418. The SMILES string of the molecule is C[Si](C)(C)OC1=CCCCC1=Cc1ccncc1. The van der Waals surface area contributed by atoms with Crippen molar-refractivity contribution in [3.63, 3.8) is 0 Å². The fourth-order valence-corrected chi connectivity index (χ4v) is 2.90. The molecule has 0 saturated carbocycles. The number of hydrogen-bond acceptors (Lipinski definition) is 2. The van der Waals surface area contributed by atoms with E-state index in [1.54, 1.807) is 0 Å². The minimum Gasteiger partial charge on any atom is -0.544 e. The van der Waals surface area contributed by atoms with Crippen LogP contribution in [0.3, 0.4) is 0 Å². The molecule has 0 saturated heterocycles. The number of allylic oxidation sites excluding steroid dienone is 2. The van der Waals surface area contributed by atoms with Crippen molar-refractivity contribution in [1.29, 1.82) is 0 Å². The van der Waals surface area contributed by atoms with Crippen LogP contribution >= 0.6 is 0 Å². The number of hydrogen-bond donors (Lipinski definition) is 0. The van der Waals surface area contributed by atoms with Gasteiger partial charge in [-0.1, -0.05) is 0 Å². The highest BCUT2D eigenvalue weighted by Crippen LogP contribution is 2.29. The third kappa shape index (κ3) is 3.84. The Balaban J connectivity index is 2.23. The first-order valence-corrected chi connectivity index (χ1v) is 9.95. The van der Waals surface area contributed by atoms with Crippen LogP contribution in [0.2, 0.25) is 19.6 Å². The van der Waals surface area contributed by atoms with Gasteiger partial charge in [0.05, 0.1) is 0 Å². The van der Waals surface area contributed by atoms with E-state index in [4.69, 9.17) is 4.43 Å². The van der Waals surface area contributed by atoms with Gasteiger partial charge in [-0.25, -0.2) is 0 Å². The Morgan fingerprint density at radius 1 is 1.22 bits per heavy atom. The maximum absolute atomic E-state index is 6.18. The van der Waals surface area contributed by atoms with Crippen molar-refractivity contribution in [2.75, 3.05) is 0 Å². The summed E-state index contributed by atoms with van der Waals surface area (Å²) in [6.07, 6.45) is 11.6. The molecule has 1 heterocycles. The van der Waals surface area contributed by atoms with Gasteiger partial charge < -0.3 is 4.43 Å². The molecule has 0 atom stereocenters. The normalized spacial score (nSPS) is 18.6. The van der Waals surface area contributed by atoms with Gasteiger partial charge in [0.15, 0.2) is 0 Å². The smallest absolute Gasteiger partial charge is 0.242 e. The largest absolute Gasteiger partial charge is 0.544 e. The highest BCUT2D eigenvalue weighted by molar-refractivity contribution is 6.70. The Bertz CT molecular complexity index is 457. The van der Waals surface area contributed by atoms with Crippen molar-refractivity contribution in [3.05, 3.63) is 47.5 Å². The van der Waals surface area contributed by atoms with E-state index in [1.165, 1.54) is 17.6 Å². The van der Waals surface area contributed by atoms with E-state index < -0.39 is 8.32 Å². The highest BCUT2D eigenvalue weighted by atomic mass is 28.4. The molecule has 1 aliphatic carbocycles. The Kier molecular flexibility index (Phi) is 4.02. The van der Waals surface area contributed by atoms with E-state index in [2.05, 4.69) is 36.8 Å². The van der Waals surface area contributed by atoms with Gasteiger partial charge in [-0.05, 0) is 74.3 Å². The summed E-state index contributed by atoms with van der Waals surface area (Å²) < 4.78 is 6.18. The first-order chi connectivity index (χ1) is 8.54. The van der Waals surface area contributed by atoms with E-state index in [0.29, 0.717) is 0 Å². The molecule has 3 heteroatoms. The zero-order chi connectivity index (χ0) is 13.0. The number of pyridine rings is 1. The van der Waals surface area contributed by atoms with E-state index in [0.717, 1.165) is 18.6 Å². The van der Waals surface area contributed by atoms with Crippen molar-refractivity contribution in [3.8, 4) is 0 Å². The standard InChI is InChI=1S/C15H21NOSi/c1-18(2,3)17-15-7-5-4-6-14(15)12-13-8-10-16-11-9-13/h7-12H,4-6H2,1-3H3. The Morgan fingerprint density at radius 2 is 1.94 bits per heavy atom. The predicted octanol–water partition coefficient (Wildman–Crippen LogP) is 4.38. The minimum absolute atomic E-state index is 1.11. The maximum Gasteiger partial charge on any atom is 0.242 e. The van der Waals surface area contributed by atoms with Crippen molar-refractivity contribution in [2.24, 2.45) is 0 Å². The molecule has 2 nitrogen and oxygen atoms in total. The molecule has 0 amide bonds. The summed E-state index contributed by atoms with van der Waals surface area (Å²) in [5, 5.41) is 0. The molecule has 96 valence electrons. The lowest BCUT2D eigenvalue weighted by atomic mass is 9.98. The van der Waals surface area contributed by atoms with Crippen molar-refractivity contribution in [1.82, 2.24) is 4.98 Å². The van der Waals surface area contributed by atoms with Gasteiger partial charge in [0, 0.05) is 12.4 Å². The van der Waals surface area contributed by atoms with Gasteiger partial charge in [0.1, 0.15) is 5.76 Å². The quantitative estimate of drug-likeness (QED) is 0.751. The monoisotopic (exact) mass is 259 g/mol. The molecule has 0 bridgehead atoms. The predicted molar refractivity (Wildman–Crippen MR) is 78.6 cm³/mol. The summed E-state index contributed by atoms with van der Waals surface area (Å²) in [7, 11) is -1.53. The van der Waals surface area contributed by atoms with Crippen LogP contribution in [0, 0.1) is 0 Å². The van der Waals surface area contributed by atoms with Crippen LogP contribution in [-0.2, 0) is 4.43 Å². The van der Waals surface area contributed by atoms with E-state index >= 15 is 0 Å². The van der Waals surface area contributed by atoms with E-state index in [1.807, 2.05) is 24.5 Å². The van der Waals surface area contributed by atoms with Crippen molar-refractivity contribution in [2.45, 2.75) is 38.9 Å². The molecule has 1 aromatic heterocycles. The molecule has 0 radical (unpaired) electrons. The summed E-state index contributed by atoms with van der Waals surface area (Å²) in [6.45, 7) is 6.69. The van der Waals surface area contributed by atoms with Crippen molar-refractivity contribution < 1.29 is 4.43 Å². The van der Waals surface area contributed by atoms with Gasteiger partial charge >= 0.3 is 0 Å². The summed E-state index contributed by atoms with van der Waals surface area (Å²) in [5.41, 5.74) is 2.53. The molecule has 0 unspecified atom stereocenters. The third-order valence-electron chi connectivity index (χ3n) is 2.76. The summed E-state index contributed by atoms with van der Waals surface area (Å²) >= 11 is 0. The Hall–Kier alpha value is -1.35. The van der Waals surface area contributed by atoms with E-state index in [-0.39, 0.29) is 0 Å². The zero-order valence-corrected chi connectivity index (χ0v) is 12.4. The highest BCUT2D eigenvalue weighted by Gasteiger charge is 2.21. The second-order valence-corrected chi connectivity index (χ2v) is 10.1. The fourth-order valence-electron chi connectivity index (χ4n) is 2.02. The second kappa shape index (κ2) is 5.53. The van der Waals surface area contributed by atoms with Crippen LogP contribution in [0.25, 0.3) is 6.08 Å². The average molecular weight is 259 g/mol. The Labute approximate surface area is 111 Å². The first kappa shape index (κ1) is 13.1. The molecule has 0 N–H and O–H groups in total. The molecule has 18 heavy (non-hydrogen) atoms.